The third kappa shape index (κ3) is 3.18. The van der Waals surface area contributed by atoms with E-state index in [0.29, 0.717) is 6.54 Å². The summed E-state index contributed by atoms with van der Waals surface area (Å²) < 4.78 is 1.85. The van der Waals surface area contributed by atoms with E-state index < -0.39 is 0 Å². The van der Waals surface area contributed by atoms with Gasteiger partial charge in [0, 0.05) is 22.8 Å². The first kappa shape index (κ1) is 19.2. The van der Waals surface area contributed by atoms with Crippen LogP contribution in [-0.4, -0.2) is 14.5 Å². The summed E-state index contributed by atoms with van der Waals surface area (Å²) in [6.07, 6.45) is 8.00. The molecule has 0 fully saturated rings. The van der Waals surface area contributed by atoms with Crippen LogP contribution in [0.15, 0.2) is 41.5 Å². The van der Waals surface area contributed by atoms with Gasteiger partial charge in [0.05, 0.1) is 11.9 Å². The lowest BCUT2D eigenvalue weighted by Crippen LogP contribution is -2.24. The highest BCUT2D eigenvalue weighted by atomic mass is 32.1. The molecule has 0 saturated heterocycles. The molecule has 1 aromatic carbocycles. The first-order valence-corrected chi connectivity index (χ1v) is 11.4. The van der Waals surface area contributed by atoms with Gasteiger partial charge in [-0.05, 0) is 92.5 Å². The number of pyridine rings is 1. The topological polar surface area (TPSA) is 47.8 Å². The van der Waals surface area contributed by atoms with E-state index in [1.807, 2.05) is 22.9 Å². The number of aromatic nitrogens is 3. The molecule has 4 nitrogen and oxygen atoms in total. The molecule has 0 aliphatic heterocycles. The quantitative estimate of drug-likeness (QED) is 0.452. The lowest BCUT2D eigenvalue weighted by molar-refractivity contribution is 0.698. The standard InChI is InChI=1S/C25H25N3OS/c1-15-11-19(12-16(2)17(15)3)23-27-24-22(20-8-4-5-9-21(20)30-24)25(29)28(23)14-18-7-6-10-26-13-18/h6-7,10-13H,4-5,8-9,14H2,1-3H3. The molecule has 3 heterocycles. The van der Waals surface area contributed by atoms with Crippen LogP contribution in [0.25, 0.3) is 21.6 Å². The molecule has 0 unspecified atom stereocenters. The van der Waals surface area contributed by atoms with E-state index in [9.17, 15) is 4.79 Å². The molecule has 0 atom stereocenters. The fourth-order valence-corrected chi connectivity index (χ4v) is 5.70. The van der Waals surface area contributed by atoms with Crippen LogP contribution >= 0.6 is 11.3 Å². The maximum atomic E-state index is 13.8. The van der Waals surface area contributed by atoms with Gasteiger partial charge in [-0.3, -0.25) is 14.3 Å². The molecule has 30 heavy (non-hydrogen) atoms. The van der Waals surface area contributed by atoms with Gasteiger partial charge in [-0.15, -0.1) is 11.3 Å². The molecule has 152 valence electrons. The zero-order chi connectivity index (χ0) is 20.8. The van der Waals surface area contributed by atoms with Gasteiger partial charge in [0.25, 0.3) is 5.56 Å². The minimum Gasteiger partial charge on any atom is -0.287 e. The molecule has 5 rings (SSSR count). The van der Waals surface area contributed by atoms with Crippen molar-refractivity contribution in [3.63, 3.8) is 0 Å². The third-order valence-electron chi connectivity index (χ3n) is 6.32. The molecule has 0 saturated carbocycles. The Morgan fingerprint density at radius 1 is 1.10 bits per heavy atom. The second-order valence-corrected chi connectivity index (χ2v) is 9.40. The highest BCUT2D eigenvalue weighted by molar-refractivity contribution is 7.18. The number of aryl methyl sites for hydroxylation is 4. The van der Waals surface area contributed by atoms with Gasteiger partial charge in [-0.1, -0.05) is 6.07 Å². The van der Waals surface area contributed by atoms with Crippen LogP contribution in [0.2, 0.25) is 0 Å². The maximum absolute atomic E-state index is 13.8. The summed E-state index contributed by atoms with van der Waals surface area (Å²) >= 11 is 1.71. The number of rotatable bonds is 3. The molecule has 1 aliphatic carbocycles. The summed E-state index contributed by atoms with van der Waals surface area (Å²) in [6.45, 7) is 6.86. The Bertz CT molecular complexity index is 1290. The SMILES string of the molecule is Cc1cc(-c2nc3sc4c(c3c(=O)n2Cc2cccnc2)CCCC4)cc(C)c1C. The zero-order valence-electron chi connectivity index (χ0n) is 17.7. The first-order valence-electron chi connectivity index (χ1n) is 10.5. The van der Waals surface area contributed by atoms with Gasteiger partial charge >= 0.3 is 0 Å². The van der Waals surface area contributed by atoms with E-state index in [2.05, 4.69) is 37.9 Å². The number of nitrogens with zero attached hydrogens (tertiary/aromatic N) is 3. The average molecular weight is 416 g/mol. The molecule has 3 aromatic heterocycles. The van der Waals surface area contributed by atoms with Gasteiger partial charge in [-0.25, -0.2) is 4.98 Å². The molecule has 0 spiro atoms. The minimum atomic E-state index is 0.0779. The highest BCUT2D eigenvalue weighted by Gasteiger charge is 2.23. The molecule has 0 radical (unpaired) electrons. The van der Waals surface area contributed by atoms with Gasteiger partial charge in [0.15, 0.2) is 0 Å². The summed E-state index contributed by atoms with van der Waals surface area (Å²) in [7, 11) is 0. The van der Waals surface area contributed by atoms with Gasteiger partial charge in [0.2, 0.25) is 0 Å². The summed E-state index contributed by atoms with van der Waals surface area (Å²) in [4.78, 5) is 25.4. The molecule has 0 N–H and O–H groups in total. The second-order valence-electron chi connectivity index (χ2n) is 8.31. The first-order chi connectivity index (χ1) is 14.5. The number of hydrogen-bond acceptors (Lipinski definition) is 4. The molecular formula is C25H25N3OS. The predicted octanol–water partition coefficient (Wildman–Crippen LogP) is 5.37. The molecule has 0 bridgehead atoms. The second kappa shape index (κ2) is 7.47. The van der Waals surface area contributed by atoms with E-state index in [4.69, 9.17) is 4.98 Å². The molecule has 1 aliphatic rings. The average Bonchev–Trinajstić information content (AvgIpc) is 3.13. The van der Waals surface area contributed by atoms with Crippen LogP contribution in [0.5, 0.6) is 0 Å². The molecule has 4 aromatic rings. The van der Waals surface area contributed by atoms with Gasteiger partial charge in [0.1, 0.15) is 10.7 Å². The Labute approximate surface area is 180 Å². The van der Waals surface area contributed by atoms with Crippen LogP contribution in [0.3, 0.4) is 0 Å². The number of thiophene rings is 1. The van der Waals surface area contributed by atoms with Crippen molar-refractivity contribution in [1.82, 2.24) is 14.5 Å². The third-order valence-corrected chi connectivity index (χ3v) is 7.51. The van der Waals surface area contributed by atoms with Crippen molar-refractivity contribution in [1.29, 1.82) is 0 Å². The number of benzene rings is 1. The zero-order valence-corrected chi connectivity index (χ0v) is 18.5. The van der Waals surface area contributed by atoms with E-state index >= 15 is 0 Å². The van der Waals surface area contributed by atoms with Crippen LogP contribution in [0.1, 0.15) is 45.5 Å². The Hall–Kier alpha value is -2.79. The summed E-state index contributed by atoms with van der Waals surface area (Å²) in [6, 6.07) is 8.24. The van der Waals surface area contributed by atoms with Crippen molar-refractivity contribution in [2.75, 3.05) is 0 Å². The van der Waals surface area contributed by atoms with Gasteiger partial charge in [-0.2, -0.15) is 0 Å². The Morgan fingerprint density at radius 2 is 1.87 bits per heavy atom. The number of fused-ring (bicyclic) bond motifs is 3. The van der Waals surface area contributed by atoms with Crippen molar-refractivity contribution < 1.29 is 0 Å². The number of hydrogen-bond donors (Lipinski definition) is 0. The Kier molecular flexibility index (Phi) is 4.78. The van der Waals surface area contributed by atoms with Crippen molar-refractivity contribution in [2.24, 2.45) is 0 Å². The maximum Gasteiger partial charge on any atom is 0.263 e. The van der Waals surface area contributed by atoms with Crippen molar-refractivity contribution >= 4 is 21.6 Å². The fraction of sp³-hybridized carbons (Fsp3) is 0.320. The van der Waals surface area contributed by atoms with E-state index in [-0.39, 0.29) is 5.56 Å². The van der Waals surface area contributed by atoms with E-state index in [1.165, 1.54) is 33.6 Å². The largest absolute Gasteiger partial charge is 0.287 e. The predicted molar refractivity (Wildman–Crippen MR) is 124 cm³/mol. The van der Waals surface area contributed by atoms with Crippen LogP contribution in [0.4, 0.5) is 0 Å². The summed E-state index contributed by atoms with van der Waals surface area (Å²) in [5.41, 5.74) is 7.05. The monoisotopic (exact) mass is 415 g/mol. The fourth-order valence-electron chi connectivity index (χ4n) is 4.44. The van der Waals surface area contributed by atoms with Gasteiger partial charge < -0.3 is 0 Å². The van der Waals surface area contributed by atoms with Crippen molar-refractivity contribution in [2.45, 2.75) is 53.0 Å². The summed E-state index contributed by atoms with van der Waals surface area (Å²) in [5, 5.41) is 0.836. The lowest BCUT2D eigenvalue weighted by Gasteiger charge is -2.16. The smallest absolute Gasteiger partial charge is 0.263 e. The van der Waals surface area contributed by atoms with Crippen LogP contribution < -0.4 is 5.56 Å². The Balaban J connectivity index is 1.80. The molecular weight excluding hydrogens is 390 g/mol. The lowest BCUT2D eigenvalue weighted by atomic mass is 9.97. The van der Waals surface area contributed by atoms with Crippen LogP contribution in [0, 0.1) is 20.8 Å². The van der Waals surface area contributed by atoms with Crippen molar-refractivity contribution in [3.8, 4) is 11.4 Å². The van der Waals surface area contributed by atoms with E-state index in [0.717, 1.165) is 46.4 Å². The Morgan fingerprint density at radius 3 is 2.60 bits per heavy atom. The summed E-state index contributed by atoms with van der Waals surface area (Å²) in [5.74, 6) is 0.751. The molecule has 5 heteroatoms. The molecule has 0 amide bonds. The minimum absolute atomic E-state index is 0.0779. The highest BCUT2D eigenvalue weighted by Crippen LogP contribution is 2.35. The van der Waals surface area contributed by atoms with Crippen LogP contribution in [-0.2, 0) is 19.4 Å². The normalized spacial score (nSPS) is 13.6. The van der Waals surface area contributed by atoms with Crippen molar-refractivity contribution in [3.05, 3.63) is 79.7 Å². The van der Waals surface area contributed by atoms with E-state index in [1.54, 1.807) is 17.5 Å².